The molecule has 65 heavy (non-hydrogen) atoms. The van der Waals surface area contributed by atoms with Crippen LogP contribution in [0, 0.1) is 10.4 Å². The van der Waals surface area contributed by atoms with Gasteiger partial charge in [0, 0.05) is 31.4 Å². The van der Waals surface area contributed by atoms with Crippen molar-refractivity contribution in [3.8, 4) is 22.3 Å². The molecule has 0 aromatic heterocycles. The largest absolute Gasteiger partial charge is 0.714 e. The summed E-state index contributed by atoms with van der Waals surface area (Å²) in [5, 5.41) is 54.7. The van der Waals surface area contributed by atoms with Gasteiger partial charge in [-0.1, -0.05) is 58.7 Å². The number of rotatable bonds is 4. The standard InChI is InChI=1S/C49H44F6N4O4S2/c1-41(2)42(3,4)57(61)39(56(41)60)27-15-11-25(12-16-27)29-19-21-31-33(23-29)64-45(9)35(31)37-38(48(52,53)49(54,55)47(37,50)51)36-32-22-20-30(24-34(32)65-46(36,45)10)26-13-17-28(18-14-26)40-58(62)43(5,6)44(7,8)59(40)63/h11-24H,1-10H3/t45-,46-/m1/s1. The molecule has 2 aliphatic carbocycles. The minimum Gasteiger partial charge on any atom is -0.714 e. The van der Waals surface area contributed by atoms with Crippen LogP contribution in [0.5, 0.6) is 0 Å². The second kappa shape index (κ2) is 12.7. The first-order chi connectivity index (χ1) is 29.9. The number of nitrogens with zero attached hydrogens (tertiary/aromatic N) is 4. The Morgan fingerprint density at radius 2 is 0.738 bits per heavy atom. The van der Waals surface area contributed by atoms with E-state index in [1.165, 1.54) is 35.7 Å². The molecule has 10 rings (SSSR count). The van der Waals surface area contributed by atoms with Crippen LogP contribution in [-0.2, 0) is 10.4 Å². The molecule has 2 atom stereocenters. The zero-order chi connectivity index (χ0) is 47.4. The van der Waals surface area contributed by atoms with Crippen molar-refractivity contribution in [3.05, 3.63) is 129 Å². The summed E-state index contributed by atoms with van der Waals surface area (Å²) in [5.41, 5.74) is -3.71. The number of allylic oxidation sites excluding steroid dienone is 2. The molecule has 2 radical (unpaired) electrons. The Bertz CT molecular complexity index is 2760. The summed E-state index contributed by atoms with van der Waals surface area (Å²) >= 11 is 2.33. The van der Waals surface area contributed by atoms with E-state index in [-0.39, 0.29) is 33.9 Å². The summed E-state index contributed by atoms with van der Waals surface area (Å²) in [7, 11) is 0. The van der Waals surface area contributed by atoms with Gasteiger partial charge in [-0.05, 0) is 150 Å². The Morgan fingerprint density at radius 3 is 1.03 bits per heavy atom. The predicted octanol–water partition coefficient (Wildman–Crippen LogP) is 11.8. The van der Waals surface area contributed by atoms with Crippen LogP contribution in [0.25, 0.3) is 33.4 Å². The van der Waals surface area contributed by atoms with Crippen molar-refractivity contribution < 1.29 is 46.2 Å². The summed E-state index contributed by atoms with van der Waals surface area (Å²) in [4.78, 5) is 0.880. The number of fused-ring (bicyclic) bond motifs is 8. The Kier molecular flexibility index (Phi) is 8.62. The second-order valence-corrected chi connectivity index (χ2v) is 23.1. The molecular formula is C49H44F6N4O4S2. The fourth-order valence-corrected chi connectivity index (χ4v) is 13.4. The van der Waals surface area contributed by atoms with Crippen molar-refractivity contribution in [1.29, 1.82) is 0 Å². The summed E-state index contributed by atoms with van der Waals surface area (Å²) < 4.78 is 95.6. The van der Waals surface area contributed by atoms with Gasteiger partial charge in [-0.3, -0.25) is 9.48 Å². The molecule has 8 nitrogen and oxygen atoms in total. The molecule has 338 valence electrons. The van der Waals surface area contributed by atoms with Gasteiger partial charge in [-0.15, -0.1) is 23.5 Å². The highest BCUT2D eigenvalue weighted by molar-refractivity contribution is 8.06. The lowest BCUT2D eigenvalue weighted by Gasteiger charge is -2.47. The summed E-state index contributed by atoms with van der Waals surface area (Å²) in [6.45, 7) is 16.9. The number of benzene rings is 4. The van der Waals surface area contributed by atoms with E-state index in [2.05, 4.69) is 0 Å². The van der Waals surface area contributed by atoms with Gasteiger partial charge in [0.1, 0.15) is 11.1 Å². The first-order valence-electron chi connectivity index (χ1n) is 21.1. The van der Waals surface area contributed by atoms with Crippen molar-refractivity contribution >= 4 is 46.3 Å². The van der Waals surface area contributed by atoms with Crippen LogP contribution >= 0.6 is 23.5 Å². The van der Waals surface area contributed by atoms with Crippen LogP contribution in [0.1, 0.15) is 91.5 Å². The van der Waals surface area contributed by atoms with Crippen molar-refractivity contribution in [1.82, 2.24) is 10.1 Å². The van der Waals surface area contributed by atoms with Gasteiger partial charge in [0.05, 0.1) is 20.6 Å². The molecule has 0 saturated heterocycles. The normalized spacial score (nSPS) is 27.9. The van der Waals surface area contributed by atoms with E-state index in [0.717, 1.165) is 0 Å². The van der Waals surface area contributed by atoms with Gasteiger partial charge in [0.2, 0.25) is 0 Å². The van der Waals surface area contributed by atoms with Crippen molar-refractivity contribution in [3.63, 3.8) is 0 Å². The van der Waals surface area contributed by atoms with Crippen molar-refractivity contribution in [2.24, 2.45) is 0 Å². The average Bonchev–Trinajstić information content (AvgIpc) is 3.82. The molecule has 16 heteroatoms. The third-order valence-corrected chi connectivity index (χ3v) is 19.2. The molecule has 4 aliphatic heterocycles. The van der Waals surface area contributed by atoms with Crippen LogP contribution in [0.2, 0.25) is 0 Å². The third-order valence-electron chi connectivity index (χ3n) is 15.9. The number of amidine groups is 2. The smallest absolute Gasteiger partial charge is 0.380 e. The topological polar surface area (TPSA) is 98.4 Å². The lowest BCUT2D eigenvalue weighted by atomic mass is 9.68. The van der Waals surface area contributed by atoms with E-state index < -0.39 is 60.6 Å². The van der Waals surface area contributed by atoms with Gasteiger partial charge in [0.25, 0.3) is 0 Å². The SMILES string of the molecule is CC1(C)N([O])C(c2ccc(-c3ccc4c(c3)S[C@]3(C)C4=C4C(=C5c6ccc(-c7ccc(C8=[N+]([O-])C(C)(C)C(C)(C)N8[O])cc7)cc6S[C@]53C)C(F)(F)C(F)(F)C4(F)F)cc2)=[N+]([O-])C1(C)C. The minimum absolute atomic E-state index is 0.0411. The zero-order valence-corrected chi connectivity index (χ0v) is 38.7. The second-order valence-electron chi connectivity index (χ2n) is 20.1. The van der Waals surface area contributed by atoms with E-state index in [1.54, 1.807) is 142 Å². The van der Waals surface area contributed by atoms with E-state index in [9.17, 15) is 20.8 Å². The first-order valence-corrected chi connectivity index (χ1v) is 22.7. The Hall–Kier alpha value is -4.90. The summed E-state index contributed by atoms with van der Waals surface area (Å²) in [6, 6.07) is 23.2. The Labute approximate surface area is 380 Å². The summed E-state index contributed by atoms with van der Waals surface area (Å²) in [5.74, 6) is -16.3. The number of hydrogen-bond donors (Lipinski definition) is 0. The zero-order valence-electron chi connectivity index (χ0n) is 37.1. The van der Waals surface area contributed by atoms with Crippen LogP contribution in [0.3, 0.4) is 0 Å². The maximum atomic E-state index is 16.4. The monoisotopic (exact) mass is 930 g/mol. The molecule has 0 bridgehead atoms. The quantitative estimate of drug-likeness (QED) is 0.115. The van der Waals surface area contributed by atoms with Gasteiger partial charge in [-0.25, -0.2) is 0 Å². The maximum absolute atomic E-state index is 16.4. The lowest BCUT2D eigenvalue weighted by molar-refractivity contribution is -0.539. The lowest BCUT2D eigenvalue weighted by Crippen LogP contribution is -2.53. The van der Waals surface area contributed by atoms with Crippen LogP contribution in [-0.4, -0.2) is 80.7 Å². The maximum Gasteiger partial charge on any atom is 0.380 e. The van der Waals surface area contributed by atoms with Gasteiger partial charge in [-0.2, -0.15) is 26.3 Å². The van der Waals surface area contributed by atoms with Gasteiger partial charge in [0.15, 0.2) is 11.1 Å². The highest BCUT2D eigenvalue weighted by Gasteiger charge is 2.85. The highest BCUT2D eigenvalue weighted by atomic mass is 32.2. The third kappa shape index (κ3) is 5.01. The van der Waals surface area contributed by atoms with E-state index in [4.69, 9.17) is 0 Å². The molecule has 0 N–H and O–H groups in total. The molecule has 4 heterocycles. The molecule has 1 fully saturated rings. The Morgan fingerprint density at radius 1 is 0.446 bits per heavy atom. The molecule has 6 aliphatic rings. The predicted molar refractivity (Wildman–Crippen MR) is 238 cm³/mol. The number of alkyl halides is 6. The molecule has 0 amide bonds. The summed E-state index contributed by atoms with van der Waals surface area (Å²) in [6.07, 6.45) is 0. The fraction of sp³-hybridized carbons (Fsp3) is 0.388. The van der Waals surface area contributed by atoms with Crippen molar-refractivity contribution in [2.45, 2.75) is 128 Å². The van der Waals surface area contributed by atoms with E-state index in [1.807, 2.05) is 0 Å². The molecule has 0 spiro atoms. The number of hydrogen-bond acceptors (Lipinski definition) is 6. The van der Waals surface area contributed by atoms with Gasteiger partial charge >= 0.3 is 29.4 Å². The fourth-order valence-electron chi connectivity index (χ4n) is 10.2. The number of hydroxylamine groups is 6. The van der Waals surface area contributed by atoms with Gasteiger partial charge < -0.3 is 10.4 Å². The average molecular weight is 931 g/mol. The van der Waals surface area contributed by atoms with Crippen LogP contribution in [0.4, 0.5) is 26.3 Å². The first kappa shape index (κ1) is 44.0. The number of halogens is 6. The molecule has 1 saturated carbocycles. The highest BCUT2D eigenvalue weighted by Crippen LogP contribution is 2.78. The molecule has 4 aromatic rings. The number of thioether (sulfide) groups is 2. The molecule has 4 aromatic carbocycles. The van der Waals surface area contributed by atoms with Crippen LogP contribution in [0.15, 0.2) is 106 Å². The van der Waals surface area contributed by atoms with Crippen molar-refractivity contribution in [2.75, 3.05) is 0 Å². The molecular weight excluding hydrogens is 887 g/mol. The van der Waals surface area contributed by atoms with E-state index >= 15 is 26.3 Å². The van der Waals surface area contributed by atoms with E-state index in [0.29, 0.717) is 62.8 Å². The Balaban J connectivity index is 1.06. The minimum atomic E-state index is -5.73. The van der Waals surface area contributed by atoms with Crippen LogP contribution < -0.4 is 0 Å². The molecule has 0 unspecified atom stereocenters.